The minimum absolute atomic E-state index is 0.339. The van der Waals surface area contributed by atoms with Gasteiger partial charge in [0.2, 0.25) is 5.95 Å². The molecule has 0 radical (unpaired) electrons. The first-order valence-corrected chi connectivity index (χ1v) is 7.41. The van der Waals surface area contributed by atoms with Gasteiger partial charge in [0.1, 0.15) is 0 Å². The van der Waals surface area contributed by atoms with E-state index >= 15 is 0 Å². The molecule has 7 heteroatoms. The number of hydrogen-bond acceptors (Lipinski definition) is 4. The minimum Gasteiger partial charge on any atom is -0.355 e. The molecule has 0 saturated heterocycles. The first-order chi connectivity index (χ1) is 11.0. The van der Waals surface area contributed by atoms with Gasteiger partial charge in [0.15, 0.2) is 11.2 Å². The van der Waals surface area contributed by atoms with Gasteiger partial charge in [0.05, 0.1) is 0 Å². The Bertz CT molecular complexity index is 966. The highest BCUT2D eigenvalue weighted by Gasteiger charge is 2.16. The Morgan fingerprint density at radius 2 is 1.70 bits per heavy atom. The predicted molar refractivity (Wildman–Crippen MR) is 89.8 cm³/mol. The molecule has 0 amide bonds. The van der Waals surface area contributed by atoms with Gasteiger partial charge < -0.3 is 9.88 Å². The van der Waals surface area contributed by atoms with E-state index in [1.165, 1.54) is 17.2 Å². The highest BCUT2D eigenvalue weighted by Crippen LogP contribution is 2.13. The molecule has 0 fully saturated rings. The Hall–Kier alpha value is -2.83. The Morgan fingerprint density at radius 1 is 1.00 bits per heavy atom. The molecule has 0 aliphatic heterocycles. The smallest absolute Gasteiger partial charge is 0.332 e. The Labute approximate surface area is 132 Å². The molecule has 3 rings (SSSR count). The van der Waals surface area contributed by atoms with Gasteiger partial charge in [-0.15, -0.1) is 0 Å². The fourth-order valence-electron chi connectivity index (χ4n) is 2.64. The third-order valence-corrected chi connectivity index (χ3v) is 4.02. The van der Waals surface area contributed by atoms with Crippen molar-refractivity contribution in [1.82, 2.24) is 18.7 Å². The van der Waals surface area contributed by atoms with Crippen molar-refractivity contribution in [2.75, 3.05) is 11.9 Å². The summed E-state index contributed by atoms with van der Waals surface area (Å²) >= 11 is 0. The van der Waals surface area contributed by atoms with E-state index in [9.17, 15) is 9.59 Å². The number of rotatable bonds is 4. The van der Waals surface area contributed by atoms with E-state index in [0.717, 1.165) is 11.0 Å². The lowest BCUT2D eigenvalue weighted by Gasteiger charge is -2.06. The topological polar surface area (TPSA) is 73.8 Å². The van der Waals surface area contributed by atoms with Crippen LogP contribution in [-0.4, -0.2) is 25.2 Å². The molecule has 0 aliphatic rings. The molecule has 2 heterocycles. The molecule has 0 aliphatic carbocycles. The van der Waals surface area contributed by atoms with E-state index in [4.69, 9.17) is 0 Å². The molecule has 0 spiro atoms. The fourth-order valence-corrected chi connectivity index (χ4v) is 2.64. The fraction of sp³-hybridized carbons (Fsp3) is 0.312. The van der Waals surface area contributed by atoms with Crippen LogP contribution in [0.25, 0.3) is 11.2 Å². The summed E-state index contributed by atoms with van der Waals surface area (Å²) in [6.07, 6.45) is 0.848. The van der Waals surface area contributed by atoms with Crippen LogP contribution < -0.4 is 16.6 Å². The molecular weight excluding hydrogens is 294 g/mol. The summed E-state index contributed by atoms with van der Waals surface area (Å²) in [6, 6.07) is 10.1. The maximum absolute atomic E-state index is 12.3. The predicted octanol–water partition coefficient (Wildman–Crippen LogP) is 0.625. The van der Waals surface area contributed by atoms with Crippen molar-refractivity contribution in [2.45, 2.75) is 6.42 Å². The van der Waals surface area contributed by atoms with Crippen LogP contribution in [0.15, 0.2) is 39.9 Å². The third-order valence-electron chi connectivity index (χ3n) is 4.02. The summed E-state index contributed by atoms with van der Waals surface area (Å²) in [5.41, 5.74) is 1.31. The number of imidazole rings is 1. The van der Waals surface area contributed by atoms with Gasteiger partial charge in [0, 0.05) is 27.7 Å². The molecule has 23 heavy (non-hydrogen) atoms. The number of aryl methyl sites for hydroxylation is 2. The van der Waals surface area contributed by atoms with Crippen molar-refractivity contribution in [3.05, 3.63) is 56.7 Å². The zero-order valence-electron chi connectivity index (χ0n) is 13.4. The number of aromatic nitrogens is 4. The van der Waals surface area contributed by atoms with Gasteiger partial charge in [-0.1, -0.05) is 30.3 Å². The van der Waals surface area contributed by atoms with Crippen molar-refractivity contribution in [3.63, 3.8) is 0 Å². The van der Waals surface area contributed by atoms with Crippen molar-refractivity contribution in [1.29, 1.82) is 0 Å². The molecule has 0 bridgehead atoms. The van der Waals surface area contributed by atoms with E-state index in [2.05, 4.69) is 22.4 Å². The lowest BCUT2D eigenvalue weighted by molar-refractivity contribution is 0.705. The summed E-state index contributed by atoms with van der Waals surface area (Å²) in [6.45, 7) is 0.690. The zero-order chi connectivity index (χ0) is 16.6. The standard InChI is InChI=1S/C16H19N5O2/c1-19-12-13(20(2)16(23)21(3)14(12)22)18-15(19)17-10-9-11-7-5-4-6-8-11/h4-8H,9-10H2,1-3H3,(H,17,18). The van der Waals surface area contributed by atoms with Crippen LogP contribution >= 0.6 is 0 Å². The van der Waals surface area contributed by atoms with Crippen molar-refractivity contribution >= 4 is 17.1 Å². The maximum Gasteiger partial charge on any atom is 0.332 e. The van der Waals surface area contributed by atoms with Gasteiger partial charge in [-0.05, 0) is 12.0 Å². The van der Waals surface area contributed by atoms with Crippen molar-refractivity contribution in [3.8, 4) is 0 Å². The summed E-state index contributed by atoms with van der Waals surface area (Å²) in [5.74, 6) is 0.578. The van der Waals surface area contributed by atoms with Crippen molar-refractivity contribution < 1.29 is 0 Å². The lowest BCUT2D eigenvalue weighted by atomic mass is 10.1. The van der Waals surface area contributed by atoms with E-state index in [1.807, 2.05) is 18.2 Å². The van der Waals surface area contributed by atoms with Gasteiger partial charge in [-0.25, -0.2) is 4.79 Å². The van der Waals surface area contributed by atoms with Crippen LogP contribution in [0.4, 0.5) is 5.95 Å². The molecule has 3 aromatic rings. The Morgan fingerprint density at radius 3 is 2.39 bits per heavy atom. The number of nitrogens with one attached hydrogen (secondary N) is 1. The lowest BCUT2D eigenvalue weighted by Crippen LogP contribution is -2.37. The highest BCUT2D eigenvalue weighted by molar-refractivity contribution is 5.74. The van der Waals surface area contributed by atoms with E-state index in [1.54, 1.807) is 18.7 Å². The monoisotopic (exact) mass is 313 g/mol. The van der Waals surface area contributed by atoms with E-state index in [0.29, 0.717) is 23.7 Å². The SMILES string of the molecule is Cn1c(=O)c2c(nc(NCCc3ccccc3)n2C)n(C)c1=O. The van der Waals surface area contributed by atoms with Gasteiger partial charge in [-0.3, -0.25) is 13.9 Å². The first-order valence-electron chi connectivity index (χ1n) is 7.41. The molecular formula is C16H19N5O2. The molecule has 2 aromatic heterocycles. The first kappa shape index (κ1) is 15.1. The summed E-state index contributed by atoms with van der Waals surface area (Å²) in [7, 11) is 4.86. The number of fused-ring (bicyclic) bond motifs is 1. The second kappa shape index (κ2) is 5.75. The highest BCUT2D eigenvalue weighted by atomic mass is 16.2. The molecule has 0 saturated carbocycles. The van der Waals surface area contributed by atoms with Crippen molar-refractivity contribution in [2.24, 2.45) is 21.1 Å². The Balaban J connectivity index is 1.92. The van der Waals surface area contributed by atoms with Gasteiger partial charge in [-0.2, -0.15) is 4.98 Å². The molecule has 0 unspecified atom stereocenters. The number of benzene rings is 1. The van der Waals surface area contributed by atoms with Crippen LogP contribution in [0.5, 0.6) is 0 Å². The normalized spacial score (nSPS) is 11.1. The minimum atomic E-state index is -0.378. The van der Waals surface area contributed by atoms with E-state index in [-0.39, 0.29) is 11.2 Å². The molecule has 0 atom stereocenters. The van der Waals surface area contributed by atoms with Crippen LogP contribution in [0.1, 0.15) is 5.56 Å². The summed E-state index contributed by atoms with van der Waals surface area (Å²) in [4.78, 5) is 28.7. The average molecular weight is 313 g/mol. The molecule has 1 aromatic carbocycles. The largest absolute Gasteiger partial charge is 0.355 e. The number of nitrogens with zero attached hydrogens (tertiary/aromatic N) is 4. The average Bonchev–Trinajstić information content (AvgIpc) is 2.89. The molecule has 1 N–H and O–H groups in total. The van der Waals surface area contributed by atoms with Crippen LogP contribution in [0.2, 0.25) is 0 Å². The van der Waals surface area contributed by atoms with Crippen LogP contribution in [0, 0.1) is 0 Å². The van der Waals surface area contributed by atoms with Crippen LogP contribution in [-0.2, 0) is 27.6 Å². The molecule has 7 nitrogen and oxygen atoms in total. The second-order valence-electron chi connectivity index (χ2n) is 5.53. The maximum atomic E-state index is 12.3. The zero-order valence-corrected chi connectivity index (χ0v) is 13.4. The van der Waals surface area contributed by atoms with E-state index < -0.39 is 0 Å². The van der Waals surface area contributed by atoms with Crippen LogP contribution in [0.3, 0.4) is 0 Å². The van der Waals surface area contributed by atoms with Gasteiger partial charge in [0.25, 0.3) is 5.56 Å². The second-order valence-corrected chi connectivity index (χ2v) is 5.53. The number of anilines is 1. The molecule has 120 valence electrons. The number of hydrogen-bond donors (Lipinski definition) is 1. The Kier molecular flexibility index (Phi) is 3.77. The van der Waals surface area contributed by atoms with Gasteiger partial charge >= 0.3 is 5.69 Å². The summed E-state index contributed by atoms with van der Waals surface area (Å²) < 4.78 is 4.18. The quantitative estimate of drug-likeness (QED) is 0.766. The summed E-state index contributed by atoms with van der Waals surface area (Å²) in [5, 5.41) is 3.23. The third kappa shape index (κ3) is 2.54.